The van der Waals surface area contributed by atoms with Crippen LogP contribution in [0.2, 0.25) is 0 Å². The van der Waals surface area contributed by atoms with E-state index in [-0.39, 0.29) is 17.6 Å². The van der Waals surface area contributed by atoms with Gasteiger partial charge in [-0.25, -0.2) is 9.37 Å². The number of hydrogen-bond acceptors (Lipinski definition) is 4. The molecule has 2 unspecified atom stereocenters. The molecule has 0 aliphatic carbocycles. The molecule has 38 heavy (non-hydrogen) atoms. The van der Waals surface area contributed by atoms with Crippen LogP contribution in [0.1, 0.15) is 86.5 Å². The number of nitrogens with zero attached hydrogens (tertiary/aromatic N) is 3. The molecule has 0 bridgehead atoms. The summed E-state index contributed by atoms with van der Waals surface area (Å²) in [5.74, 6) is 0.634. The Morgan fingerprint density at radius 3 is 2.29 bits per heavy atom. The lowest BCUT2D eigenvalue weighted by atomic mass is 9.89. The minimum absolute atomic E-state index is 0.0101. The van der Waals surface area contributed by atoms with Crippen molar-refractivity contribution < 1.29 is 19.4 Å². The Morgan fingerprint density at radius 1 is 1.03 bits per heavy atom. The Labute approximate surface area is 225 Å². The Bertz CT molecular complexity index is 1190. The van der Waals surface area contributed by atoms with Crippen molar-refractivity contribution in [1.82, 2.24) is 14.5 Å². The summed E-state index contributed by atoms with van der Waals surface area (Å²) < 4.78 is 15.7. The van der Waals surface area contributed by atoms with Crippen molar-refractivity contribution in [3.8, 4) is 11.4 Å². The van der Waals surface area contributed by atoms with Gasteiger partial charge in [0.25, 0.3) is 5.91 Å². The fourth-order valence-corrected chi connectivity index (χ4v) is 5.42. The summed E-state index contributed by atoms with van der Waals surface area (Å²) >= 11 is 0. The van der Waals surface area contributed by atoms with Gasteiger partial charge in [-0.1, -0.05) is 51.1 Å². The van der Waals surface area contributed by atoms with E-state index in [1.807, 2.05) is 36.3 Å². The Morgan fingerprint density at radius 2 is 1.68 bits per heavy atom. The van der Waals surface area contributed by atoms with Gasteiger partial charge in [0.2, 0.25) is 0 Å². The van der Waals surface area contributed by atoms with Crippen molar-refractivity contribution in [2.75, 3.05) is 13.1 Å². The first-order chi connectivity index (χ1) is 18.3. The maximum atomic E-state index is 13.8. The normalized spacial score (nSPS) is 16.1. The van der Waals surface area contributed by atoms with E-state index in [0.29, 0.717) is 56.3 Å². The van der Waals surface area contributed by atoms with E-state index >= 15 is 0 Å². The van der Waals surface area contributed by atoms with Crippen molar-refractivity contribution in [3.05, 3.63) is 77.4 Å². The van der Waals surface area contributed by atoms with Gasteiger partial charge in [0.05, 0.1) is 17.9 Å². The second-order valence-electron chi connectivity index (χ2n) is 10.7. The first-order valence-corrected chi connectivity index (χ1v) is 13.8. The Kier molecular flexibility index (Phi) is 9.34. The number of benzene rings is 2. The third-order valence-corrected chi connectivity index (χ3v) is 7.61. The van der Waals surface area contributed by atoms with Crippen LogP contribution in [0.5, 0.6) is 0 Å². The number of piperidine rings is 1. The van der Waals surface area contributed by atoms with E-state index in [2.05, 4.69) is 24.3 Å². The van der Waals surface area contributed by atoms with Gasteiger partial charge in [0.1, 0.15) is 11.6 Å². The number of carbonyl (C=O) groups is 1. The van der Waals surface area contributed by atoms with Crippen molar-refractivity contribution in [3.63, 3.8) is 0 Å². The van der Waals surface area contributed by atoms with Crippen LogP contribution in [0.4, 0.5) is 4.39 Å². The molecule has 2 atom stereocenters. The standard InChI is InChI=1S/C31H40FN3O3/c1-4-26(36)20-27(37)16-19-35-29(21(2)3)28(33-30(35)24-10-12-25(32)13-11-24)31(38)34-17-14-23(15-18-34)22-8-6-5-7-9-22/h5-13,21,23,26-27,36-37H,4,14-20H2,1-3H3. The molecule has 3 aromatic rings. The van der Waals surface area contributed by atoms with Gasteiger partial charge in [-0.05, 0) is 73.8 Å². The van der Waals surface area contributed by atoms with Gasteiger partial charge in [-0.2, -0.15) is 0 Å². The van der Waals surface area contributed by atoms with E-state index in [1.54, 1.807) is 12.1 Å². The molecule has 0 radical (unpaired) electrons. The second-order valence-corrected chi connectivity index (χ2v) is 10.7. The molecule has 1 fully saturated rings. The molecule has 0 saturated carbocycles. The molecular weight excluding hydrogens is 481 g/mol. The lowest BCUT2D eigenvalue weighted by Gasteiger charge is -2.32. The highest BCUT2D eigenvalue weighted by atomic mass is 19.1. The van der Waals surface area contributed by atoms with Gasteiger partial charge in [-0.15, -0.1) is 0 Å². The number of imidazole rings is 1. The minimum Gasteiger partial charge on any atom is -0.393 e. The number of hydrogen-bond donors (Lipinski definition) is 2. The summed E-state index contributed by atoms with van der Waals surface area (Å²) in [6, 6.07) is 16.6. The zero-order valence-corrected chi connectivity index (χ0v) is 22.7. The molecule has 1 aliphatic rings. The van der Waals surface area contributed by atoms with Crippen LogP contribution < -0.4 is 0 Å². The highest BCUT2D eigenvalue weighted by Gasteiger charge is 2.31. The fraction of sp³-hybridized carbons (Fsp3) is 0.484. The van der Waals surface area contributed by atoms with Crippen molar-refractivity contribution >= 4 is 5.91 Å². The van der Waals surface area contributed by atoms with Crippen molar-refractivity contribution in [2.45, 2.75) is 83.5 Å². The Hall–Kier alpha value is -3.03. The molecule has 204 valence electrons. The number of aliphatic hydroxyl groups excluding tert-OH is 2. The quantitative estimate of drug-likeness (QED) is 0.356. The van der Waals surface area contributed by atoms with E-state index in [1.165, 1.54) is 17.7 Å². The smallest absolute Gasteiger partial charge is 0.274 e. The average molecular weight is 522 g/mol. The van der Waals surface area contributed by atoms with Gasteiger partial charge in [0, 0.05) is 25.2 Å². The predicted octanol–water partition coefficient (Wildman–Crippen LogP) is 5.74. The predicted molar refractivity (Wildman–Crippen MR) is 148 cm³/mol. The van der Waals surface area contributed by atoms with Gasteiger partial charge in [-0.3, -0.25) is 4.79 Å². The topological polar surface area (TPSA) is 78.6 Å². The highest BCUT2D eigenvalue weighted by Crippen LogP contribution is 2.32. The Balaban J connectivity index is 1.62. The summed E-state index contributed by atoms with van der Waals surface area (Å²) in [6.07, 6.45) is 1.89. The van der Waals surface area contributed by atoms with Crippen LogP contribution in [0.25, 0.3) is 11.4 Å². The lowest BCUT2D eigenvalue weighted by molar-refractivity contribution is 0.0705. The third-order valence-electron chi connectivity index (χ3n) is 7.61. The minimum atomic E-state index is -0.676. The molecule has 2 N–H and O–H groups in total. The van der Waals surface area contributed by atoms with Crippen LogP contribution in [0.3, 0.4) is 0 Å². The summed E-state index contributed by atoms with van der Waals surface area (Å²) in [7, 11) is 0. The zero-order valence-electron chi connectivity index (χ0n) is 22.7. The molecule has 1 aromatic heterocycles. The number of rotatable bonds is 10. The molecule has 6 nitrogen and oxygen atoms in total. The molecule has 4 rings (SSSR count). The van der Waals surface area contributed by atoms with Crippen LogP contribution >= 0.6 is 0 Å². The fourth-order valence-electron chi connectivity index (χ4n) is 5.42. The van der Waals surface area contributed by atoms with Gasteiger partial charge in [0.15, 0.2) is 5.69 Å². The molecule has 2 heterocycles. The molecule has 1 amide bonds. The number of carbonyl (C=O) groups excluding carboxylic acids is 1. The number of halogens is 1. The average Bonchev–Trinajstić information content (AvgIpc) is 3.32. The van der Waals surface area contributed by atoms with Gasteiger partial charge < -0.3 is 19.7 Å². The summed E-state index contributed by atoms with van der Waals surface area (Å²) in [6.45, 7) is 7.74. The summed E-state index contributed by atoms with van der Waals surface area (Å²) in [4.78, 5) is 20.6. The first-order valence-electron chi connectivity index (χ1n) is 13.8. The maximum absolute atomic E-state index is 13.8. The first kappa shape index (κ1) is 28.0. The molecule has 1 aliphatic heterocycles. The molecule has 0 spiro atoms. The van der Waals surface area contributed by atoms with Crippen LogP contribution in [-0.2, 0) is 6.54 Å². The number of aromatic nitrogens is 2. The van der Waals surface area contributed by atoms with Crippen molar-refractivity contribution in [2.24, 2.45) is 0 Å². The number of likely N-dealkylation sites (tertiary alicyclic amines) is 1. The van der Waals surface area contributed by atoms with Crippen LogP contribution in [0.15, 0.2) is 54.6 Å². The van der Waals surface area contributed by atoms with Crippen molar-refractivity contribution in [1.29, 1.82) is 0 Å². The van der Waals surface area contributed by atoms with E-state index in [0.717, 1.165) is 24.1 Å². The zero-order chi connectivity index (χ0) is 27.2. The summed E-state index contributed by atoms with van der Waals surface area (Å²) in [5, 5.41) is 20.5. The lowest BCUT2D eigenvalue weighted by Crippen LogP contribution is -2.38. The monoisotopic (exact) mass is 521 g/mol. The molecule has 2 aromatic carbocycles. The number of amides is 1. The maximum Gasteiger partial charge on any atom is 0.274 e. The SMILES string of the molecule is CCC(O)CC(O)CCn1c(-c2ccc(F)cc2)nc(C(=O)N2CCC(c3ccccc3)CC2)c1C(C)C. The highest BCUT2D eigenvalue weighted by molar-refractivity contribution is 5.94. The van der Waals surface area contributed by atoms with Gasteiger partial charge >= 0.3 is 0 Å². The largest absolute Gasteiger partial charge is 0.393 e. The molecular formula is C31H40FN3O3. The third kappa shape index (κ3) is 6.51. The second kappa shape index (κ2) is 12.7. The molecule has 7 heteroatoms. The van der Waals surface area contributed by atoms with E-state index < -0.39 is 12.2 Å². The van der Waals surface area contributed by atoms with E-state index in [4.69, 9.17) is 4.98 Å². The van der Waals surface area contributed by atoms with Crippen LogP contribution in [0, 0.1) is 5.82 Å². The number of aliphatic hydroxyl groups is 2. The molecule has 1 saturated heterocycles. The summed E-state index contributed by atoms with van der Waals surface area (Å²) in [5.41, 5.74) is 3.29. The van der Waals surface area contributed by atoms with E-state index in [9.17, 15) is 19.4 Å². The van der Waals surface area contributed by atoms with Crippen LogP contribution in [-0.4, -0.2) is 55.9 Å².